The predicted octanol–water partition coefficient (Wildman–Crippen LogP) is 1.61. The Morgan fingerprint density at radius 1 is 1.12 bits per heavy atom. The Labute approximate surface area is 154 Å². The molecular weight excluding hydrogens is 382 g/mol. The molecule has 2 heterocycles. The summed E-state index contributed by atoms with van der Waals surface area (Å²) in [4.78, 5) is 49.5. The zero-order valence-corrected chi connectivity index (χ0v) is 14.9. The molecule has 0 radical (unpaired) electrons. The zero-order chi connectivity index (χ0) is 19.0. The van der Waals surface area contributed by atoms with Gasteiger partial charge >= 0.3 is 22.8 Å². The number of hydrogen-bond donors (Lipinski definition) is 3. The lowest BCUT2D eigenvalue weighted by Gasteiger charge is -2.32. The number of carboxylic acid groups (broad SMARTS) is 2. The quantitative estimate of drug-likeness (QED) is 0.665. The van der Waals surface area contributed by atoms with Crippen molar-refractivity contribution in [2.24, 2.45) is 5.92 Å². The molecule has 3 rings (SSSR count). The van der Waals surface area contributed by atoms with Gasteiger partial charge in [0.05, 0.1) is 23.6 Å². The van der Waals surface area contributed by atoms with Gasteiger partial charge in [0, 0.05) is 10.8 Å². The Morgan fingerprint density at radius 2 is 1.77 bits per heavy atom. The fourth-order valence-corrected chi connectivity index (χ4v) is 5.35. The normalized spacial score (nSPS) is 21.7. The number of H-pyrrole nitrogens is 1. The molecule has 0 unspecified atom stereocenters. The van der Waals surface area contributed by atoms with Crippen LogP contribution in [-0.4, -0.2) is 45.5 Å². The van der Waals surface area contributed by atoms with E-state index in [-0.39, 0.29) is 10.4 Å². The van der Waals surface area contributed by atoms with Crippen LogP contribution in [0.25, 0.3) is 0 Å². The highest BCUT2D eigenvalue weighted by Crippen LogP contribution is 2.49. The number of thioether (sulfide) groups is 1. The molecule has 26 heavy (non-hydrogen) atoms. The first-order chi connectivity index (χ1) is 12.3. The number of aromatic amines is 1. The fourth-order valence-electron chi connectivity index (χ4n) is 2.94. The van der Waals surface area contributed by atoms with Gasteiger partial charge in [0.1, 0.15) is 5.25 Å². The van der Waals surface area contributed by atoms with Crippen molar-refractivity contribution in [2.75, 3.05) is 7.11 Å². The highest BCUT2D eigenvalue weighted by atomic mass is 32.2. The van der Waals surface area contributed by atoms with E-state index >= 15 is 0 Å². The van der Waals surface area contributed by atoms with Crippen LogP contribution in [0.5, 0.6) is 0 Å². The Morgan fingerprint density at radius 3 is 2.31 bits per heavy atom. The number of esters is 1. The van der Waals surface area contributed by atoms with Crippen molar-refractivity contribution in [2.45, 2.75) is 16.2 Å². The molecule has 136 valence electrons. The molecule has 0 aliphatic carbocycles. The molecule has 0 spiro atoms. The second kappa shape index (κ2) is 6.96. The van der Waals surface area contributed by atoms with Gasteiger partial charge in [-0.3, -0.25) is 14.4 Å². The van der Waals surface area contributed by atoms with Crippen molar-refractivity contribution in [3.8, 4) is 0 Å². The lowest BCUT2D eigenvalue weighted by atomic mass is 9.82. The van der Waals surface area contributed by atoms with Gasteiger partial charge in [-0.15, -0.1) is 0 Å². The van der Waals surface area contributed by atoms with Crippen molar-refractivity contribution in [3.05, 3.63) is 49.9 Å². The van der Waals surface area contributed by atoms with E-state index in [1.807, 2.05) is 0 Å². The standard InChI is InChI=1S/C16H13NO7S2/c1-24-15(22)7-4-2-6(3-5-7)8-9(13(18)19)11(14(20)21)25-12-10(8)26-16(23)17-12/h2-5,8-9,11H,1H3,(H,17,23)(H,18,19)(H,20,21)/t8-,9+,11+/m0/s1. The van der Waals surface area contributed by atoms with Crippen LogP contribution in [0.3, 0.4) is 0 Å². The smallest absolute Gasteiger partial charge is 0.337 e. The molecule has 8 nitrogen and oxygen atoms in total. The van der Waals surface area contributed by atoms with Crippen LogP contribution in [0.2, 0.25) is 0 Å². The summed E-state index contributed by atoms with van der Waals surface area (Å²) in [6, 6.07) is 6.06. The number of aliphatic carboxylic acids is 2. The topological polar surface area (TPSA) is 134 Å². The van der Waals surface area contributed by atoms with Crippen LogP contribution < -0.4 is 4.87 Å². The third kappa shape index (κ3) is 3.13. The van der Waals surface area contributed by atoms with Crippen LogP contribution in [0.4, 0.5) is 0 Å². The maximum absolute atomic E-state index is 11.9. The summed E-state index contributed by atoms with van der Waals surface area (Å²) in [7, 11) is 1.25. The molecule has 2 aromatic rings. The second-order valence-corrected chi connectivity index (χ2v) is 7.71. The second-order valence-electron chi connectivity index (χ2n) is 5.54. The average Bonchev–Trinajstić information content (AvgIpc) is 2.99. The largest absolute Gasteiger partial charge is 0.481 e. The number of aromatic nitrogens is 1. The van der Waals surface area contributed by atoms with Crippen molar-refractivity contribution < 1.29 is 29.3 Å². The number of fused-ring (bicyclic) bond motifs is 1. The maximum Gasteiger partial charge on any atom is 0.337 e. The highest BCUT2D eigenvalue weighted by Gasteiger charge is 2.47. The highest BCUT2D eigenvalue weighted by molar-refractivity contribution is 8.00. The molecule has 0 amide bonds. The van der Waals surface area contributed by atoms with Gasteiger partial charge in [-0.05, 0) is 17.7 Å². The van der Waals surface area contributed by atoms with E-state index in [1.54, 1.807) is 12.1 Å². The lowest BCUT2D eigenvalue weighted by molar-refractivity contribution is -0.148. The van der Waals surface area contributed by atoms with Crippen LogP contribution in [0.1, 0.15) is 26.7 Å². The van der Waals surface area contributed by atoms with Crippen molar-refractivity contribution >= 4 is 41.0 Å². The van der Waals surface area contributed by atoms with Crippen LogP contribution >= 0.6 is 23.1 Å². The van der Waals surface area contributed by atoms with E-state index in [0.717, 1.165) is 23.1 Å². The minimum absolute atomic E-state index is 0.283. The number of hydrogen-bond acceptors (Lipinski definition) is 7. The van der Waals surface area contributed by atoms with Gasteiger partial charge in [0.2, 0.25) is 0 Å². The third-order valence-corrected chi connectivity index (χ3v) is 6.48. The number of nitrogens with one attached hydrogen (secondary N) is 1. The van der Waals surface area contributed by atoms with Gasteiger partial charge in [-0.2, -0.15) is 0 Å². The van der Waals surface area contributed by atoms with Gasteiger partial charge < -0.3 is 19.9 Å². The molecule has 10 heteroatoms. The van der Waals surface area contributed by atoms with E-state index in [9.17, 15) is 29.4 Å². The molecule has 0 saturated carbocycles. The van der Waals surface area contributed by atoms with E-state index < -0.39 is 35.0 Å². The van der Waals surface area contributed by atoms with Crippen molar-refractivity contribution in [1.29, 1.82) is 0 Å². The first-order valence-electron chi connectivity index (χ1n) is 7.37. The Hall–Kier alpha value is -2.59. The summed E-state index contributed by atoms with van der Waals surface area (Å²) in [6.07, 6.45) is 0. The van der Waals surface area contributed by atoms with Gasteiger partial charge in [0.15, 0.2) is 0 Å². The SMILES string of the molecule is COC(=O)c1ccc([C@@H]2c3sc(=O)[nH]c3S[C@@H](C(=O)O)[C@@H]2C(=O)O)cc1. The lowest BCUT2D eigenvalue weighted by Crippen LogP contribution is -2.39. The molecular formula is C16H13NO7S2. The molecule has 0 saturated heterocycles. The summed E-state index contributed by atoms with van der Waals surface area (Å²) in [5, 5.41) is 18.3. The summed E-state index contributed by atoms with van der Waals surface area (Å²) in [5.74, 6) is -5.16. The number of rotatable bonds is 4. The minimum Gasteiger partial charge on any atom is -0.481 e. The Kier molecular flexibility index (Phi) is 4.88. The van der Waals surface area contributed by atoms with Gasteiger partial charge in [0.25, 0.3) is 0 Å². The fraction of sp³-hybridized carbons (Fsp3) is 0.250. The first-order valence-corrected chi connectivity index (χ1v) is 9.06. The molecule has 3 atom stereocenters. The van der Waals surface area contributed by atoms with Crippen molar-refractivity contribution in [1.82, 2.24) is 4.98 Å². The number of carboxylic acids is 2. The molecule has 3 N–H and O–H groups in total. The average molecular weight is 395 g/mol. The number of thiazole rings is 1. The first kappa shape index (κ1) is 18.2. The van der Waals surface area contributed by atoms with Crippen LogP contribution in [0, 0.1) is 5.92 Å². The van der Waals surface area contributed by atoms with E-state index in [4.69, 9.17) is 0 Å². The zero-order valence-electron chi connectivity index (χ0n) is 13.3. The number of ether oxygens (including phenoxy) is 1. The molecule has 1 aliphatic heterocycles. The van der Waals surface area contributed by atoms with Gasteiger partial charge in [-0.1, -0.05) is 35.2 Å². The molecule has 1 aliphatic rings. The van der Waals surface area contributed by atoms with Crippen molar-refractivity contribution in [3.63, 3.8) is 0 Å². The monoisotopic (exact) mass is 395 g/mol. The number of carbonyl (C=O) groups excluding carboxylic acids is 1. The Balaban J connectivity index is 2.14. The van der Waals surface area contributed by atoms with E-state index in [1.165, 1.54) is 19.2 Å². The molecule has 1 aromatic heterocycles. The summed E-state index contributed by atoms with van der Waals surface area (Å²) in [6.45, 7) is 0. The molecule has 1 aromatic carbocycles. The summed E-state index contributed by atoms with van der Waals surface area (Å²) < 4.78 is 4.63. The molecule has 0 bridgehead atoms. The summed E-state index contributed by atoms with van der Waals surface area (Å²) >= 11 is 1.70. The van der Waals surface area contributed by atoms with E-state index in [0.29, 0.717) is 15.5 Å². The van der Waals surface area contributed by atoms with E-state index in [2.05, 4.69) is 9.72 Å². The molecule has 0 fully saturated rings. The number of methoxy groups -OCH3 is 1. The predicted molar refractivity (Wildman–Crippen MR) is 93.0 cm³/mol. The van der Waals surface area contributed by atoms with Crippen LogP contribution in [0.15, 0.2) is 34.1 Å². The van der Waals surface area contributed by atoms with Crippen LogP contribution in [-0.2, 0) is 14.3 Å². The van der Waals surface area contributed by atoms with Gasteiger partial charge in [-0.25, -0.2) is 4.79 Å². The Bertz CT molecular complexity index is 931. The number of carbonyl (C=O) groups is 3. The maximum atomic E-state index is 11.9. The minimum atomic E-state index is -1.27. The third-order valence-electron chi connectivity index (χ3n) is 4.07. The number of benzene rings is 1. The summed E-state index contributed by atoms with van der Waals surface area (Å²) in [5.41, 5.74) is 0.790.